The SMILES string of the molecule is O=C(C=C1CCN(S(=O)c2ccc(OC(F)(F)F)cc2)CC1)NCc1ccccc1. The van der Waals surface area contributed by atoms with Crippen molar-refractivity contribution >= 4 is 16.9 Å². The number of amides is 1. The maximum absolute atomic E-state index is 12.7. The molecule has 0 spiro atoms. The lowest BCUT2D eigenvalue weighted by Gasteiger charge is -2.27. The van der Waals surface area contributed by atoms with Crippen molar-refractivity contribution in [3.05, 3.63) is 71.8 Å². The van der Waals surface area contributed by atoms with Gasteiger partial charge in [-0.05, 0) is 42.7 Å². The zero-order chi connectivity index (χ0) is 21.6. The van der Waals surface area contributed by atoms with E-state index >= 15 is 0 Å². The second-order valence-corrected chi connectivity index (χ2v) is 8.19. The highest BCUT2D eigenvalue weighted by Crippen LogP contribution is 2.25. The molecule has 30 heavy (non-hydrogen) atoms. The number of nitrogens with zero attached hydrogens (tertiary/aromatic N) is 1. The predicted molar refractivity (Wildman–Crippen MR) is 107 cm³/mol. The first-order valence-corrected chi connectivity index (χ1v) is 10.4. The van der Waals surface area contributed by atoms with Crippen LogP contribution in [-0.4, -0.2) is 33.9 Å². The molecule has 1 heterocycles. The molecule has 5 nitrogen and oxygen atoms in total. The number of nitrogens with one attached hydrogen (secondary N) is 1. The Morgan fingerprint density at radius 2 is 1.70 bits per heavy atom. The Hall–Kier alpha value is -2.65. The Morgan fingerprint density at radius 3 is 2.30 bits per heavy atom. The number of carbonyl (C=O) groups excluding carboxylic acids is 1. The molecule has 0 aliphatic carbocycles. The first-order chi connectivity index (χ1) is 14.3. The van der Waals surface area contributed by atoms with E-state index in [0.717, 1.165) is 23.3 Å². The second kappa shape index (κ2) is 9.90. The zero-order valence-electron chi connectivity index (χ0n) is 16.0. The highest BCUT2D eigenvalue weighted by atomic mass is 32.2. The van der Waals surface area contributed by atoms with Gasteiger partial charge >= 0.3 is 6.36 Å². The third-order valence-corrected chi connectivity index (χ3v) is 6.01. The minimum atomic E-state index is -4.76. The van der Waals surface area contributed by atoms with Gasteiger partial charge < -0.3 is 10.1 Å². The number of hydrogen-bond acceptors (Lipinski definition) is 3. The smallest absolute Gasteiger partial charge is 0.406 e. The van der Waals surface area contributed by atoms with Crippen LogP contribution in [0.25, 0.3) is 0 Å². The lowest BCUT2D eigenvalue weighted by Crippen LogP contribution is -2.33. The Kier molecular flexibility index (Phi) is 7.28. The van der Waals surface area contributed by atoms with Gasteiger partial charge in [0.05, 0.1) is 4.90 Å². The number of piperidine rings is 1. The molecule has 160 valence electrons. The molecule has 1 amide bonds. The number of carbonyl (C=O) groups is 1. The molecule has 0 radical (unpaired) electrons. The average molecular weight is 438 g/mol. The minimum Gasteiger partial charge on any atom is -0.406 e. The van der Waals surface area contributed by atoms with Gasteiger partial charge in [0.25, 0.3) is 0 Å². The van der Waals surface area contributed by atoms with Crippen molar-refractivity contribution < 1.29 is 26.9 Å². The summed E-state index contributed by atoms with van der Waals surface area (Å²) in [5.41, 5.74) is 1.99. The van der Waals surface area contributed by atoms with E-state index in [1.165, 1.54) is 12.1 Å². The molecule has 1 atom stereocenters. The summed E-state index contributed by atoms with van der Waals surface area (Å²) in [7, 11) is -1.49. The number of rotatable bonds is 6. The number of hydrogen-bond donors (Lipinski definition) is 1. The molecule has 0 saturated carbocycles. The highest BCUT2D eigenvalue weighted by molar-refractivity contribution is 7.82. The molecule has 2 aromatic carbocycles. The number of halogens is 3. The molecule has 3 rings (SSSR count). The lowest BCUT2D eigenvalue weighted by molar-refractivity contribution is -0.274. The van der Waals surface area contributed by atoms with Gasteiger partial charge in [-0.2, -0.15) is 0 Å². The van der Waals surface area contributed by atoms with E-state index in [-0.39, 0.29) is 11.7 Å². The summed E-state index contributed by atoms with van der Waals surface area (Å²) >= 11 is 0. The predicted octanol–water partition coefficient (Wildman–Crippen LogP) is 3.95. The molecule has 2 aromatic rings. The van der Waals surface area contributed by atoms with E-state index < -0.39 is 17.3 Å². The number of ether oxygens (including phenoxy) is 1. The Bertz CT molecular complexity index is 905. The number of alkyl halides is 3. The van der Waals surface area contributed by atoms with Crippen molar-refractivity contribution in [3.8, 4) is 5.75 Å². The molecule has 0 bridgehead atoms. The van der Waals surface area contributed by atoms with Gasteiger partial charge in [-0.3, -0.25) is 4.79 Å². The minimum absolute atomic E-state index is 0.163. The van der Waals surface area contributed by atoms with Crippen molar-refractivity contribution in [1.82, 2.24) is 9.62 Å². The molecule has 1 aliphatic heterocycles. The molecule has 1 saturated heterocycles. The largest absolute Gasteiger partial charge is 0.573 e. The van der Waals surface area contributed by atoms with Crippen LogP contribution in [-0.2, 0) is 22.3 Å². The fourth-order valence-electron chi connectivity index (χ4n) is 3.01. The van der Waals surface area contributed by atoms with Gasteiger partial charge in [0.15, 0.2) is 0 Å². The molecule has 1 unspecified atom stereocenters. The van der Waals surface area contributed by atoms with Crippen molar-refractivity contribution in [2.75, 3.05) is 13.1 Å². The van der Waals surface area contributed by atoms with Crippen LogP contribution in [0.3, 0.4) is 0 Å². The van der Waals surface area contributed by atoms with E-state index in [9.17, 15) is 22.2 Å². The van der Waals surface area contributed by atoms with Gasteiger partial charge in [-0.25, -0.2) is 8.51 Å². The fraction of sp³-hybridized carbons (Fsp3) is 0.286. The first-order valence-electron chi connectivity index (χ1n) is 9.34. The van der Waals surface area contributed by atoms with Crippen LogP contribution in [0.4, 0.5) is 13.2 Å². The zero-order valence-corrected chi connectivity index (χ0v) is 16.8. The van der Waals surface area contributed by atoms with Crippen LogP contribution in [0.2, 0.25) is 0 Å². The van der Waals surface area contributed by atoms with Gasteiger partial charge in [0, 0.05) is 25.7 Å². The standard InChI is InChI=1S/C21H21F3N2O3S/c22-21(23,24)29-18-6-8-19(9-7-18)30(28)26-12-10-16(11-13-26)14-20(27)25-15-17-4-2-1-3-5-17/h1-9,14H,10-13,15H2,(H,25,27). The molecule has 1 fully saturated rings. The van der Waals surface area contributed by atoms with Crippen LogP contribution >= 0.6 is 0 Å². The molecule has 9 heteroatoms. The average Bonchev–Trinajstić information content (AvgIpc) is 2.72. The van der Waals surface area contributed by atoms with E-state index in [2.05, 4.69) is 10.1 Å². The maximum Gasteiger partial charge on any atom is 0.573 e. The van der Waals surface area contributed by atoms with Gasteiger partial charge in [-0.15, -0.1) is 13.2 Å². The third-order valence-electron chi connectivity index (χ3n) is 4.50. The molecule has 1 N–H and O–H groups in total. The summed E-state index contributed by atoms with van der Waals surface area (Å²) in [5, 5.41) is 2.85. The quantitative estimate of drug-likeness (QED) is 0.695. The fourth-order valence-corrected chi connectivity index (χ4v) is 4.19. The molecule has 0 aromatic heterocycles. The van der Waals surface area contributed by atoms with E-state index in [4.69, 9.17) is 0 Å². The molecular formula is C21H21F3N2O3S. The maximum atomic E-state index is 12.7. The topological polar surface area (TPSA) is 58.6 Å². The van der Waals surface area contributed by atoms with Crippen molar-refractivity contribution in [2.45, 2.75) is 30.6 Å². The summed E-state index contributed by atoms with van der Waals surface area (Å²) in [6.45, 7) is 1.43. The van der Waals surface area contributed by atoms with Crippen LogP contribution in [0.5, 0.6) is 5.75 Å². The summed E-state index contributed by atoms with van der Waals surface area (Å²) in [4.78, 5) is 12.5. The second-order valence-electron chi connectivity index (χ2n) is 6.70. The van der Waals surface area contributed by atoms with Gasteiger partial charge in [0.1, 0.15) is 16.7 Å². The van der Waals surface area contributed by atoms with Crippen molar-refractivity contribution in [2.24, 2.45) is 0 Å². The van der Waals surface area contributed by atoms with Crippen molar-refractivity contribution in [3.63, 3.8) is 0 Å². The summed E-state index contributed by atoms with van der Waals surface area (Å²) in [6, 6.07) is 14.6. The normalized spacial score (nSPS) is 16.0. The van der Waals surface area contributed by atoms with Crippen LogP contribution in [0, 0.1) is 0 Å². The lowest BCUT2D eigenvalue weighted by atomic mass is 10.1. The molecule has 1 aliphatic rings. The third kappa shape index (κ3) is 6.70. The van der Waals surface area contributed by atoms with E-state index in [0.29, 0.717) is 37.4 Å². The van der Waals surface area contributed by atoms with Crippen molar-refractivity contribution in [1.29, 1.82) is 0 Å². The molecular weight excluding hydrogens is 417 g/mol. The summed E-state index contributed by atoms with van der Waals surface area (Å²) in [6.07, 6.45) is -1.98. The number of benzene rings is 2. The highest BCUT2D eigenvalue weighted by Gasteiger charge is 2.31. The van der Waals surface area contributed by atoms with E-state index in [1.54, 1.807) is 10.4 Å². The Balaban J connectivity index is 1.49. The van der Waals surface area contributed by atoms with Gasteiger partial charge in [0.2, 0.25) is 5.91 Å². The van der Waals surface area contributed by atoms with Gasteiger partial charge in [-0.1, -0.05) is 35.9 Å². The Morgan fingerprint density at radius 1 is 1.07 bits per heavy atom. The monoisotopic (exact) mass is 438 g/mol. The Labute approximate surface area is 175 Å². The summed E-state index contributed by atoms with van der Waals surface area (Å²) in [5.74, 6) is -0.516. The first kappa shape index (κ1) is 22.0. The van der Waals surface area contributed by atoms with Crippen LogP contribution in [0.15, 0.2) is 71.1 Å². The van der Waals surface area contributed by atoms with E-state index in [1.807, 2.05) is 30.3 Å². The van der Waals surface area contributed by atoms with Crippen LogP contribution < -0.4 is 10.1 Å². The summed E-state index contributed by atoms with van der Waals surface area (Å²) < 4.78 is 54.9. The van der Waals surface area contributed by atoms with Crippen LogP contribution in [0.1, 0.15) is 18.4 Å².